The second kappa shape index (κ2) is 9.46. The van der Waals surface area contributed by atoms with Crippen molar-refractivity contribution in [2.75, 3.05) is 23.3 Å². The zero-order chi connectivity index (χ0) is 22.7. The van der Waals surface area contributed by atoms with Crippen molar-refractivity contribution in [3.63, 3.8) is 0 Å². The van der Waals surface area contributed by atoms with Crippen molar-refractivity contribution in [1.82, 2.24) is 9.88 Å². The quantitative estimate of drug-likeness (QED) is 0.592. The minimum atomic E-state index is -0.537. The van der Waals surface area contributed by atoms with Crippen molar-refractivity contribution < 1.29 is 9.59 Å². The van der Waals surface area contributed by atoms with Gasteiger partial charge < -0.3 is 20.1 Å². The monoisotopic (exact) mass is 470 g/mol. The average Bonchev–Trinajstić information content (AvgIpc) is 3.21. The Bertz CT molecular complexity index is 1240. The van der Waals surface area contributed by atoms with Crippen LogP contribution in [0.25, 0.3) is 0 Å². The molecule has 0 spiro atoms. The molecule has 3 aromatic rings. The molecule has 4 rings (SSSR count). The zero-order valence-electron chi connectivity index (χ0n) is 17.0. The molecule has 7 nitrogen and oxygen atoms in total. The second-order valence-corrected chi connectivity index (χ2v) is 8.18. The number of fused-ring (bicyclic) bond motifs is 1. The van der Waals surface area contributed by atoms with Crippen LogP contribution in [0.1, 0.15) is 11.1 Å². The van der Waals surface area contributed by atoms with Gasteiger partial charge >= 0.3 is 6.03 Å². The Balaban J connectivity index is 1.36. The molecule has 0 saturated carbocycles. The molecule has 0 atom stereocenters. The van der Waals surface area contributed by atoms with Crippen LogP contribution in [0.5, 0.6) is 0 Å². The lowest BCUT2D eigenvalue weighted by Crippen LogP contribution is -2.41. The first kappa shape index (κ1) is 21.9. The number of pyridine rings is 1. The summed E-state index contributed by atoms with van der Waals surface area (Å²) < 4.78 is 1.45. The number of amides is 3. The molecular formula is C23H20Cl2N4O3. The maximum Gasteiger partial charge on any atom is 0.319 e. The van der Waals surface area contributed by atoms with E-state index in [1.807, 2.05) is 24.3 Å². The molecule has 2 aromatic carbocycles. The molecule has 2 heterocycles. The van der Waals surface area contributed by atoms with Crippen LogP contribution in [0.3, 0.4) is 0 Å². The summed E-state index contributed by atoms with van der Waals surface area (Å²) in [7, 11) is 0. The Labute approximate surface area is 194 Å². The SMILES string of the molecule is O=C(NCC(=O)N1CCc2ccccc21)Nc1ccc(=O)n(Cc2ccc(Cl)c(Cl)c2)c1. The van der Waals surface area contributed by atoms with E-state index in [1.54, 1.807) is 23.1 Å². The second-order valence-electron chi connectivity index (χ2n) is 7.36. The molecule has 32 heavy (non-hydrogen) atoms. The summed E-state index contributed by atoms with van der Waals surface area (Å²) >= 11 is 12.0. The smallest absolute Gasteiger partial charge is 0.319 e. The van der Waals surface area contributed by atoms with Crippen LogP contribution in [0.4, 0.5) is 16.2 Å². The topological polar surface area (TPSA) is 83.4 Å². The fourth-order valence-electron chi connectivity index (χ4n) is 3.59. The first-order valence-electron chi connectivity index (χ1n) is 9.98. The lowest BCUT2D eigenvalue weighted by Gasteiger charge is -2.17. The van der Waals surface area contributed by atoms with Gasteiger partial charge in [-0.25, -0.2) is 4.79 Å². The third kappa shape index (κ3) is 4.95. The van der Waals surface area contributed by atoms with Gasteiger partial charge in [-0.3, -0.25) is 9.59 Å². The van der Waals surface area contributed by atoms with Crippen molar-refractivity contribution in [3.05, 3.63) is 92.3 Å². The molecule has 0 saturated heterocycles. The minimum Gasteiger partial charge on any atom is -0.329 e. The molecule has 9 heteroatoms. The van der Waals surface area contributed by atoms with Crippen LogP contribution in [0.15, 0.2) is 65.6 Å². The van der Waals surface area contributed by atoms with Crippen molar-refractivity contribution >= 4 is 46.5 Å². The van der Waals surface area contributed by atoms with Crippen LogP contribution in [0, 0.1) is 0 Å². The van der Waals surface area contributed by atoms with Crippen LogP contribution in [0.2, 0.25) is 10.0 Å². The normalized spacial score (nSPS) is 12.4. The summed E-state index contributed by atoms with van der Waals surface area (Å²) in [6.45, 7) is 0.726. The molecule has 1 aliphatic rings. The Morgan fingerprint density at radius 1 is 1.00 bits per heavy atom. The van der Waals surface area contributed by atoms with E-state index in [2.05, 4.69) is 10.6 Å². The first-order chi connectivity index (χ1) is 15.4. The fourth-order valence-corrected chi connectivity index (χ4v) is 3.91. The Morgan fingerprint density at radius 2 is 1.81 bits per heavy atom. The van der Waals surface area contributed by atoms with Gasteiger partial charge in [-0.1, -0.05) is 47.5 Å². The zero-order valence-corrected chi connectivity index (χ0v) is 18.5. The number of rotatable bonds is 5. The van der Waals surface area contributed by atoms with Crippen molar-refractivity contribution in [2.24, 2.45) is 0 Å². The predicted octanol–water partition coefficient (Wildman–Crippen LogP) is 3.91. The van der Waals surface area contributed by atoms with Crippen molar-refractivity contribution in [1.29, 1.82) is 0 Å². The van der Waals surface area contributed by atoms with E-state index in [4.69, 9.17) is 23.2 Å². The number of halogens is 2. The highest BCUT2D eigenvalue weighted by molar-refractivity contribution is 6.42. The average molecular weight is 471 g/mol. The summed E-state index contributed by atoms with van der Waals surface area (Å²) in [5.41, 5.74) is 2.98. The van der Waals surface area contributed by atoms with E-state index in [-0.39, 0.29) is 24.6 Å². The van der Waals surface area contributed by atoms with Crippen LogP contribution in [-0.4, -0.2) is 29.6 Å². The van der Waals surface area contributed by atoms with Gasteiger partial charge in [0.25, 0.3) is 5.56 Å². The highest BCUT2D eigenvalue weighted by Crippen LogP contribution is 2.27. The first-order valence-corrected chi connectivity index (χ1v) is 10.7. The van der Waals surface area contributed by atoms with Gasteiger partial charge in [0.05, 0.1) is 28.8 Å². The van der Waals surface area contributed by atoms with Crippen LogP contribution >= 0.6 is 23.2 Å². The maximum absolute atomic E-state index is 12.5. The largest absolute Gasteiger partial charge is 0.329 e. The van der Waals surface area contributed by atoms with Gasteiger partial charge in [-0.2, -0.15) is 0 Å². The van der Waals surface area contributed by atoms with Gasteiger partial charge in [0.15, 0.2) is 0 Å². The number of nitrogens with one attached hydrogen (secondary N) is 2. The summed E-state index contributed by atoms with van der Waals surface area (Å²) in [5.74, 6) is -0.185. The number of aromatic nitrogens is 1. The van der Waals surface area contributed by atoms with E-state index in [1.165, 1.54) is 22.9 Å². The molecule has 0 radical (unpaired) electrons. The van der Waals surface area contributed by atoms with E-state index >= 15 is 0 Å². The van der Waals surface area contributed by atoms with Crippen molar-refractivity contribution in [3.8, 4) is 0 Å². The molecule has 164 valence electrons. The van der Waals surface area contributed by atoms with Gasteiger partial charge in [0, 0.05) is 24.5 Å². The Hall–Kier alpha value is -3.29. The van der Waals surface area contributed by atoms with Crippen LogP contribution < -0.4 is 21.1 Å². The van der Waals surface area contributed by atoms with E-state index < -0.39 is 6.03 Å². The number of para-hydroxylation sites is 1. The lowest BCUT2D eigenvalue weighted by molar-refractivity contribution is -0.117. The number of carbonyl (C=O) groups is 2. The molecule has 3 amide bonds. The summed E-state index contributed by atoms with van der Waals surface area (Å²) in [4.78, 5) is 38.7. The number of anilines is 2. The van der Waals surface area contributed by atoms with Gasteiger partial charge in [0.2, 0.25) is 5.91 Å². The third-order valence-electron chi connectivity index (χ3n) is 5.17. The number of urea groups is 1. The molecule has 1 aliphatic heterocycles. The van der Waals surface area contributed by atoms with Gasteiger partial charge in [-0.15, -0.1) is 0 Å². The van der Waals surface area contributed by atoms with Crippen molar-refractivity contribution in [2.45, 2.75) is 13.0 Å². The molecule has 0 bridgehead atoms. The number of hydrogen-bond donors (Lipinski definition) is 2. The molecule has 0 fully saturated rings. The summed E-state index contributed by atoms with van der Waals surface area (Å²) in [5, 5.41) is 6.06. The van der Waals surface area contributed by atoms with Gasteiger partial charge in [-0.05, 0) is 41.8 Å². The molecule has 1 aromatic heterocycles. The summed E-state index contributed by atoms with van der Waals surface area (Å²) in [6, 6.07) is 15.2. The fraction of sp³-hybridized carbons (Fsp3) is 0.174. The predicted molar refractivity (Wildman–Crippen MR) is 126 cm³/mol. The molecule has 0 unspecified atom stereocenters. The number of benzene rings is 2. The minimum absolute atomic E-state index is 0.136. The Kier molecular flexibility index (Phi) is 6.48. The maximum atomic E-state index is 12.5. The Morgan fingerprint density at radius 3 is 2.62 bits per heavy atom. The highest BCUT2D eigenvalue weighted by atomic mass is 35.5. The number of carbonyl (C=O) groups excluding carboxylic acids is 2. The number of nitrogens with zero attached hydrogens (tertiary/aromatic N) is 2. The van der Waals surface area contributed by atoms with E-state index in [9.17, 15) is 14.4 Å². The van der Waals surface area contributed by atoms with E-state index in [0.29, 0.717) is 22.3 Å². The molecule has 2 N–H and O–H groups in total. The number of hydrogen-bond acceptors (Lipinski definition) is 3. The highest BCUT2D eigenvalue weighted by Gasteiger charge is 2.24. The lowest BCUT2D eigenvalue weighted by atomic mass is 10.2. The van der Waals surface area contributed by atoms with E-state index in [0.717, 1.165) is 23.2 Å². The standard InChI is InChI=1S/C23H20Cl2N4O3/c24-18-7-5-15(11-19(18)25)13-28-14-17(6-8-21(28)30)27-23(32)26-12-22(31)29-10-9-16-3-1-2-4-20(16)29/h1-8,11,14H,9-10,12-13H2,(H2,26,27,32). The van der Waals surface area contributed by atoms with Crippen LogP contribution in [-0.2, 0) is 17.8 Å². The molecule has 0 aliphatic carbocycles. The summed E-state index contributed by atoms with van der Waals surface area (Å²) in [6.07, 6.45) is 2.33. The molecular weight excluding hydrogens is 451 g/mol. The van der Waals surface area contributed by atoms with Gasteiger partial charge in [0.1, 0.15) is 0 Å². The third-order valence-corrected chi connectivity index (χ3v) is 5.91.